The van der Waals surface area contributed by atoms with Crippen molar-refractivity contribution in [3.8, 4) is 0 Å². The van der Waals surface area contributed by atoms with Gasteiger partial charge in [-0.25, -0.2) is 4.79 Å². The predicted molar refractivity (Wildman–Crippen MR) is 158 cm³/mol. The fourth-order valence-corrected chi connectivity index (χ4v) is 4.92. The highest BCUT2D eigenvalue weighted by Gasteiger charge is 2.31. The van der Waals surface area contributed by atoms with Crippen molar-refractivity contribution in [1.82, 2.24) is 20.9 Å². The number of primary amides is 1. The highest BCUT2D eigenvalue weighted by molar-refractivity contribution is 7.98. The number of benzene rings is 1. The van der Waals surface area contributed by atoms with E-state index in [0.29, 0.717) is 11.5 Å². The van der Waals surface area contributed by atoms with E-state index in [-0.39, 0.29) is 32.1 Å². The first-order valence-corrected chi connectivity index (χ1v) is 15.6. The summed E-state index contributed by atoms with van der Waals surface area (Å²) in [5.41, 5.74) is 12.6. The molecule has 0 saturated heterocycles. The van der Waals surface area contributed by atoms with Crippen molar-refractivity contribution in [1.29, 1.82) is 0 Å². The molecule has 1 aromatic carbocycles. The van der Waals surface area contributed by atoms with Crippen LogP contribution in [0.25, 0.3) is 10.9 Å². The van der Waals surface area contributed by atoms with Crippen LogP contribution in [0.15, 0.2) is 30.5 Å². The number of aliphatic carboxylic acids is 1. The molecule has 0 aliphatic rings. The number of para-hydroxylation sites is 1. The summed E-state index contributed by atoms with van der Waals surface area (Å²) in [5.74, 6) is -2.60. The number of carboxylic acids is 1. The Hall–Kier alpha value is -3.23. The molecule has 0 radical (unpaired) electrons. The summed E-state index contributed by atoms with van der Waals surface area (Å²) in [6.45, 7) is 0. The third-order valence-electron chi connectivity index (χ3n) is 6.24. The molecule has 4 amide bonds. The topological polar surface area (TPSA) is 210 Å². The third-order valence-corrected chi connectivity index (χ3v) is 7.53. The summed E-state index contributed by atoms with van der Waals surface area (Å²) in [7, 11) is 0. The van der Waals surface area contributed by atoms with Gasteiger partial charge in [0.2, 0.25) is 23.6 Å². The van der Waals surface area contributed by atoms with E-state index in [1.807, 2.05) is 36.8 Å². The molecule has 4 atom stereocenters. The lowest BCUT2D eigenvalue weighted by Crippen LogP contribution is -2.57. The number of carboxylic acid groups (broad SMARTS) is 1. The van der Waals surface area contributed by atoms with Gasteiger partial charge in [-0.2, -0.15) is 23.5 Å². The molecule has 2 rings (SSSR count). The van der Waals surface area contributed by atoms with Gasteiger partial charge in [0.15, 0.2) is 0 Å². The first kappa shape index (κ1) is 33.0. The average molecular weight is 595 g/mol. The number of thioether (sulfide) groups is 2. The van der Waals surface area contributed by atoms with Gasteiger partial charge < -0.3 is 37.5 Å². The van der Waals surface area contributed by atoms with Gasteiger partial charge in [-0.3, -0.25) is 19.2 Å². The van der Waals surface area contributed by atoms with Gasteiger partial charge >= 0.3 is 5.97 Å². The minimum absolute atomic E-state index is 0.0241. The molecular formula is C26H38N6O6S2. The first-order valence-electron chi connectivity index (χ1n) is 12.8. The maximum absolute atomic E-state index is 13.4. The molecule has 0 aliphatic heterocycles. The maximum Gasteiger partial charge on any atom is 0.326 e. The lowest BCUT2D eigenvalue weighted by atomic mass is 10.0. The van der Waals surface area contributed by atoms with Gasteiger partial charge in [-0.05, 0) is 54.9 Å². The number of hydrogen-bond acceptors (Lipinski definition) is 8. The molecular weight excluding hydrogens is 556 g/mol. The fraction of sp³-hybridized carbons (Fsp3) is 0.500. The van der Waals surface area contributed by atoms with E-state index in [0.717, 1.165) is 16.5 Å². The first-order chi connectivity index (χ1) is 19.1. The van der Waals surface area contributed by atoms with Gasteiger partial charge in [0.1, 0.15) is 18.1 Å². The second-order valence-electron chi connectivity index (χ2n) is 9.26. The number of carbonyl (C=O) groups is 5. The van der Waals surface area contributed by atoms with Crippen molar-refractivity contribution in [2.75, 3.05) is 24.0 Å². The Bertz CT molecular complexity index is 1180. The van der Waals surface area contributed by atoms with Crippen LogP contribution >= 0.6 is 23.5 Å². The van der Waals surface area contributed by atoms with Crippen LogP contribution in [0.5, 0.6) is 0 Å². The maximum atomic E-state index is 13.4. The quantitative estimate of drug-likeness (QED) is 0.127. The fourth-order valence-electron chi connectivity index (χ4n) is 3.98. The SMILES string of the molecule is CSCCC(NC(=O)C(Cc1c[nH]c2ccccc12)NC(=O)C(CCSC)NC(=O)C(N)CCC(N)=O)C(=O)O. The van der Waals surface area contributed by atoms with Crippen LogP contribution in [0.4, 0.5) is 0 Å². The highest BCUT2D eigenvalue weighted by atomic mass is 32.2. The third kappa shape index (κ3) is 10.4. The molecule has 9 N–H and O–H groups in total. The van der Waals surface area contributed by atoms with Gasteiger partial charge in [0.05, 0.1) is 6.04 Å². The number of fused-ring (bicyclic) bond motifs is 1. The van der Waals surface area contributed by atoms with Crippen LogP contribution in [0.2, 0.25) is 0 Å². The van der Waals surface area contributed by atoms with Crippen molar-refractivity contribution in [2.24, 2.45) is 11.5 Å². The molecule has 0 saturated carbocycles. The summed E-state index contributed by atoms with van der Waals surface area (Å²) in [5, 5.41) is 18.4. The zero-order chi connectivity index (χ0) is 29.7. The lowest BCUT2D eigenvalue weighted by molar-refractivity contribution is -0.142. The van der Waals surface area contributed by atoms with Crippen molar-refractivity contribution < 1.29 is 29.1 Å². The monoisotopic (exact) mass is 594 g/mol. The average Bonchev–Trinajstić information content (AvgIpc) is 3.33. The predicted octanol–water partition coefficient (Wildman–Crippen LogP) is 0.348. The largest absolute Gasteiger partial charge is 0.480 e. The molecule has 2 aromatic rings. The van der Waals surface area contributed by atoms with E-state index in [9.17, 15) is 29.1 Å². The molecule has 1 heterocycles. The van der Waals surface area contributed by atoms with E-state index >= 15 is 0 Å². The number of rotatable bonds is 18. The van der Waals surface area contributed by atoms with E-state index in [4.69, 9.17) is 11.5 Å². The molecule has 0 aliphatic carbocycles. The minimum Gasteiger partial charge on any atom is -0.480 e. The van der Waals surface area contributed by atoms with Crippen molar-refractivity contribution in [2.45, 2.75) is 56.3 Å². The molecule has 40 heavy (non-hydrogen) atoms. The summed E-state index contributed by atoms with van der Waals surface area (Å²) in [6.07, 6.45) is 5.93. The Morgan fingerprint density at radius 1 is 0.875 bits per heavy atom. The molecule has 4 unspecified atom stereocenters. The number of aromatic nitrogens is 1. The van der Waals surface area contributed by atoms with Crippen molar-refractivity contribution >= 4 is 64.0 Å². The standard InChI is InChI=1S/C26H38N6O6S2/c1-39-11-9-19(30-23(34)17(27)7-8-22(28)33)24(35)32-21(25(36)31-20(26(37)38)10-12-40-2)13-15-14-29-18-6-4-3-5-16(15)18/h3-6,14,17,19-21,29H,7-13,27H2,1-2H3,(H2,28,33)(H,30,34)(H,31,36)(H,32,35)(H,37,38). The molecule has 12 nitrogen and oxygen atoms in total. The van der Waals surface area contributed by atoms with E-state index in [2.05, 4.69) is 20.9 Å². The summed E-state index contributed by atoms with van der Waals surface area (Å²) in [4.78, 5) is 65.4. The van der Waals surface area contributed by atoms with Crippen LogP contribution in [-0.4, -0.2) is 87.9 Å². The van der Waals surface area contributed by atoms with E-state index in [1.165, 1.54) is 23.5 Å². The van der Waals surface area contributed by atoms with Crippen LogP contribution < -0.4 is 27.4 Å². The second kappa shape index (κ2) is 16.8. The van der Waals surface area contributed by atoms with E-state index < -0.39 is 53.8 Å². The Morgan fingerprint density at radius 2 is 1.45 bits per heavy atom. The summed E-state index contributed by atoms with van der Waals surface area (Å²) < 4.78 is 0. The van der Waals surface area contributed by atoms with Crippen molar-refractivity contribution in [3.63, 3.8) is 0 Å². The molecule has 0 spiro atoms. The Labute approximate surface area is 241 Å². The molecule has 220 valence electrons. The Kier molecular flexibility index (Phi) is 13.8. The molecule has 14 heteroatoms. The number of nitrogens with one attached hydrogen (secondary N) is 4. The summed E-state index contributed by atoms with van der Waals surface area (Å²) >= 11 is 2.93. The van der Waals surface area contributed by atoms with E-state index in [1.54, 1.807) is 6.20 Å². The molecule has 0 fully saturated rings. The number of amides is 4. The Morgan fingerprint density at radius 3 is 2.08 bits per heavy atom. The minimum atomic E-state index is -1.17. The number of carbonyl (C=O) groups excluding carboxylic acids is 4. The normalized spacial score (nSPS) is 14.1. The number of nitrogens with two attached hydrogens (primary N) is 2. The molecule has 0 bridgehead atoms. The number of H-pyrrole nitrogens is 1. The highest BCUT2D eigenvalue weighted by Crippen LogP contribution is 2.19. The van der Waals surface area contributed by atoms with Gasteiger partial charge in [0, 0.05) is 29.9 Å². The second-order valence-corrected chi connectivity index (χ2v) is 11.2. The van der Waals surface area contributed by atoms with Gasteiger partial charge in [-0.15, -0.1) is 0 Å². The number of aromatic amines is 1. The van der Waals surface area contributed by atoms with Crippen LogP contribution in [0.1, 0.15) is 31.2 Å². The zero-order valence-electron chi connectivity index (χ0n) is 22.6. The number of hydrogen-bond donors (Lipinski definition) is 7. The summed E-state index contributed by atoms with van der Waals surface area (Å²) in [6, 6.07) is 3.17. The zero-order valence-corrected chi connectivity index (χ0v) is 24.2. The van der Waals surface area contributed by atoms with Crippen LogP contribution in [0, 0.1) is 0 Å². The van der Waals surface area contributed by atoms with Crippen LogP contribution in [-0.2, 0) is 30.4 Å². The van der Waals surface area contributed by atoms with Crippen molar-refractivity contribution in [3.05, 3.63) is 36.0 Å². The van der Waals surface area contributed by atoms with Crippen LogP contribution in [0.3, 0.4) is 0 Å². The lowest BCUT2D eigenvalue weighted by Gasteiger charge is -2.25. The smallest absolute Gasteiger partial charge is 0.326 e. The van der Waals surface area contributed by atoms with Gasteiger partial charge in [0.25, 0.3) is 0 Å². The Balaban J connectivity index is 2.27. The molecule has 1 aromatic heterocycles. The van der Waals surface area contributed by atoms with Gasteiger partial charge in [-0.1, -0.05) is 18.2 Å².